The van der Waals surface area contributed by atoms with Crippen LogP contribution in [0.15, 0.2) is 29.1 Å². The maximum Gasteiger partial charge on any atom is 0.338 e. The van der Waals surface area contributed by atoms with Crippen molar-refractivity contribution in [3.05, 3.63) is 62.3 Å². The van der Waals surface area contributed by atoms with Gasteiger partial charge in [0.2, 0.25) is 0 Å². The Hall–Kier alpha value is -2.54. The molecule has 2 aromatic heterocycles. The van der Waals surface area contributed by atoms with Crippen molar-refractivity contribution < 1.29 is 13.9 Å². The summed E-state index contributed by atoms with van der Waals surface area (Å²) in [6.07, 6.45) is 1.87. The Labute approximate surface area is 160 Å². The highest BCUT2D eigenvalue weighted by atomic mass is 32.1. The van der Waals surface area contributed by atoms with Crippen molar-refractivity contribution >= 4 is 27.5 Å². The SMILES string of the molecule is CC[C@H](C)Cc1c(C)sc2nc(COC(=O)c3cccc(F)c3)[nH]c(=O)c12. The number of esters is 1. The first-order valence-electron chi connectivity index (χ1n) is 8.82. The van der Waals surface area contributed by atoms with Gasteiger partial charge in [0, 0.05) is 4.88 Å². The van der Waals surface area contributed by atoms with Gasteiger partial charge in [0.25, 0.3) is 5.56 Å². The largest absolute Gasteiger partial charge is 0.454 e. The Balaban J connectivity index is 1.82. The van der Waals surface area contributed by atoms with Crippen LogP contribution in [0.2, 0.25) is 0 Å². The predicted molar refractivity (Wildman–Crippen MR) is 104 cm³/mol. The molecule has 0 saturated heterocycles. The molecular formula is C20H21FN2O3S. The summed E-state index contributed by atoms with van der Waals surface area (Å²) in [7, 11) is 0. The number of aryl methyl sites for hydroxylation is 1. The molecule has 0 aliphatic carbocycles. The smallest absolute Gasteiger partial charge is 0.338 e. The predicted octanol–water partition coefficient (Wildman–Crippen LogP) is 4.38. The highest BCUT2D eigenvalue weighted by Crippen LogP contribution is 2.29. The fraction of sp³-hybridized carbons (Fsp3) is 0.350. The van der Waals surface area contributed by atoms with Gasteiger partial charge >= 0.3 is 5.97 Å². The quantitative estimate of drug-likeness (QED) is 0.636. The highest BCUT2D eigenvalue weighted by molar-refractivity contribution is 7.18. The average Bonchev–Trinajstić information content (AvgIpc) is 2.95. The van der Waals surface area contributed by atoms with E-state index in [2.05, 4.69) is 23.8 Å². The van der Waals surface area contributed by atoms with Crippen LogP contribution in [-0.4, -0.2) is 15.9 Å². The van der Waals surface area contributed by atoms with Crippen molar-refractivity contribution in [1.82, 2.24) is 9.97 Å². The Bertz CT molecular complexity index is 1040. The minimum absolute atomic E-state index is 0.112. The molecule has 0 amide bonds. The number of carbonyl (C=O) groups excluding carboxylic acids is 1. The van der Waals surface area contributed by atoms with Crippen molar-refractivity contribution in [1.29, 1.82) is 0 Å². The third-order valence-electron chi connectivity index (χ3n) is 4.56. The van der Waals surface area contributed by atoms with E-state index in [4.69, 9.17) is 4.74 Å². The van der Waals surface area contributed by atoms with E-state index in [-0.39, 0.29) is 23.6 Å². The van der Waals surface area contributed by atoms with E-state index < -0.39 is 11.8 Å². The first-order valence-corrected chi connectivity index (χ1v) is 9.64. The number of fused-ring (bicyclic) bond motifs is 1. The Morgan fingerprint density at radius 1 is 1.41 bits per heavy atom. The van der Waals surface area contributed by atoms with E-state index in [1.54, 1.807) is 0 Å². The van der Waals surface area contributed by atoms with Gasteiger partial charge in [0.15, 0.2) is 0 Å². The molecule has 5 nitrogen and oxygen atoms in total. The van der Waals surface area contributed by atoms with E-state index in [0.717, 1.165) is 29.3 Å². The van der Waals surface area contributed by atoms with Crippen molar-refractivity contribution in [2.24, 2.45) is 5.92 Å². The zero-order chi connectivity index (χ0) is 19.6. The van der Waals surface area contributed by atoms with Crippen LogP contribution in [0.5, 0.6) is 0 Å². The third kappa shape index (κ3) is 4.24. The standard InChI is InChI=1S/C20H21FN2O3S/c1-4-11(2)8-15-12(3)27-19-17(15)18(24)22-16(23-19)10-26-20(25)13-6-5-7-14(21)9-13/h5-7,9,11H,4,8,10H2,1-3H3,(H,22,23,24)/t11-/m0/s1. The van der Waals surface area contributed by atoms with Gasteiger partial charge in [-0.05, 0) is 43.0 Å². The molecule has 27 heavy (non-hydrogen) atoms. The molecule has 1 N–H and O–H groups in total. The number of nitrogens with zero attached hydrogens (tertiary/aromatic N) is 1. The summed E-state index contributed by atoms with van der Waals surface area (Å²) in [5, 5.41) is 0.623. The molecule has 142 valence electrons. The van der Waals surface area contributed by atoms with Gasteiger partial charge in [-0.15, -0.1) is 11.3 Å². The number of benzene rings is 1. The number of carbonyl (C=O) groups is 1. The van der Waals surface area contributed by atoms with Gasteiger partial charge in [-0.1, -0.05) is 26.3 Å². The molecule has 0 radical (unpaired) electrons. The highest BCUT2D eigenvalue weighted by Gasteiger charge is 2.17. The van der Waals surface area contributed by atoms with E-state index in [1.807, 2.05) is 6.92 Å². The summed E-state index contributed by atoms with van der Waals surface area (Å²) >= 11 is 1.47. The van der Waals surface area contributed by atoms with Crippen molar-refractivity contribution in [3.8, 4) is 0 Å². The van der Waals surface area contributed by atoms with Crippen LogP contribution in [0.25, 0.3) is 10.2 Å². The minimum atomic E-state index is -0.669. The first-order chi connectivity index (χ1) is 12.9. The molecule has 0 saturated carbocycles. The van der Waals surface area contributed by atoms with Gasteiger partial charge < -0.3 is 9.72 Å². The molecular weight excluding hydrogens is 367 g/mol. The van der Waals surface area contributed by atoms with Crippen LogP contribution in [0.1, 0.15) is 46.9 Å². The second-order valence-electron chi connectivity index (χ2n) is 6.63. The molecule has 0 aliphatic heterocycles. The Kier molecular flexibility index (Phi) is 5.70. The number of ether oxygens (including phenoxy) is 1. The van der Waals surface area contributed by atoms with Crippen LogP contribution in [0, 0.1) is 18.7 Å². The summed E-state index contributed by atoms with van der Waals surface area (Å²) in [5.74, 6) is -0.432. The van der Waals surface area contributed by atoms with Crippen LogP contribution in [0.3, 0.4) is 0 Å². The fourth-order valence-electron chi connectivity index (χ4n) is 2.86. The summed E-state index contributed by atoms with van der Waals surface area (Å²) in [4.78, 5) is 33.5. The summed E-state index contributed by atoms with van der Waals surface area (Å²) < 4.78 is 18.4. The van der Waals surface area contributed by atoms with Gasteiger partial charge in [-0.3, -0.25) is 4.79 Å². The number of halogens is 1. The van der Waals surface area contributed by atoms with E-state index in [9.17, 15) is 14.0 Å². The topological polar surface area (TPSA) is 72.0 Å². The Morgan fingerprint density at radius 2 is 2.19 bits per heavy atom. The fourth-order valence-corrected chi connectivity index (χ4v) is 3.93. The molecule has 1 aromatic carbocycles. The minimum Gasteiger partial charge on any atom is -0.454 e. The number of aromatic amines is 1. The first kappa shape index (κ1) is 19.2. The molecule has 0 spiro atoms. The maximum atomic E-state index is 13.2. The maximum absolute atomic E-state index is 13.2. The van der Waals surface area contributed by atoms with E-state index in [0.29, 0.717) is 16.1 Å². The number of nitrogens with one attached hydrogen (secondary N) is 1. The van der Waals surface area contributed by atoms with Gasteiger partial charge in [0.1, 0.15) is 23.1 Å². The van der Waals surface area contributed by atoms with Crippen molar-refractivity contribution in [3.63, 3.8) is 0 Å². The Morgan fingerprint density at radius 3 is 2.89 bits per heavy atom. The number of hydrogen-bond acceptors (Lipinski definition) is 5. The van der Waals surface area contributed by atoms with E-state index in [1.165, 1.54) is 29.5 Å². The average molecular weight is 388 g/mol. The lowest BCUT2D eigenvalue weighted by molar-refractivity contribution is 0.0462. The second-order valence-corrected chi connectivity index (χ2v) is 7.84. The van der Waals surface area contributed by atoms with Crippen LogP contribution in [-0.2, 0) is 17.8 Å². The van der Waals surface area contributed by atoms with Crippen molar-refractivity contribution in [2.45, 2.75) is 40.2 Å². The summed E-state index contributed by atoms with van der Waals surface area (Å²) in [6, 6.07) is 5.26. The molecule has 0 unspecified atom stereocenters. The second kappa shape index (κ2) is 8.00. The lowest BCUT2D eigenvalue weighted by Gasteiger charge is -2.08. The number of aromatic nitrogens is 2. The molecule has 0 fully saturated rings. The number of thiophene rings is 1. The molecule has 3 rings (SSSR count). The molecule has 0 bridgehead atoms. The number of hydrogen-bond donors (Lipinski definition) is 1. The number of rotatable bonds is 6. The van der Waals surface area contributed by atoms with Crippen LogP contribution >= 0.6 is 11.3 Å². The lowest BCUT2D eigenvalue weighted by Crippen LogP contribution is -2.15. The van der Waals surface area contributed by atoms with Gasteiger partial charge in [-0.2, -0.15) is 0 Å². The summed E-state index contributed by atoms with van der Waals surface area (Å²) in [6.45, 7) is 6.10. The molecule has 7 heteroatoms. The lowest BCUT2D eigenvalue weighted by atomic mass is 9.98. The molecule has 2 heterocycles. The zero-order valence-corrected chi connectivity index (χ0v) is 16.3. The molecule has 0 aliphatic rings. The molecule has 3 aromatic rings. The monoisotopic (exact) mass is 388 g/mol. The zero-order valence-electron chi connectivity index (χ0n) is 15.5. The van der Waals surface area contributed by atoms with Gasteiger partial charge in [-0.25, -0.2) is 14.2 Å². The van der Waals surface area contributed by atoms with Crippen molar-refractivity contribution in [2.75, 3.05) is 0 Å². The summed E-state index contributed by atoms with van der Waals surface area (Å²) in [5.41, 5.74) is 0.932. The third-order valence-corrected chi connectivity index (χ3v) is 5.60. The van der Waals surface area contributed by atoms with E-state index >= 15 is 0 Å². The van der Waals surface area contributed by atoms with Crippen LogP contribution in [0.4, 0.5) is 4.39 Å². The number of H-pyrrole nitrogens is 1. The molecule has 1 atom stereocenters. The van der Waals surface area contributed by atoms with Crippen LogP contribution < -0.4 is 5.56 Å². The normalized spacial score (nSPS) is 12.3. The van der Waals surface area contributed by atoms with Gasteiger partial charge in [0.05, 0.1) is 10.9 Å².